The van der Waals surface area contributed by atoms with E-state index in [0.29, 0.717) is 0 Å². The molecule has 0 atom stereocenters. The third-order valence-electron chi connectivity index (χ3n) is 0.443. The lowest BCUT2D eigenvalue weighted by Gasteiger charge is -2.27. The van der Waals surface area contributed by atoms with Gasteiger partial charge >= 0.3 is 14.1 Å². The molecule has 0 radical (unpaired) electrons. The van der Waals surface area contributed by atoms with Crippen LogP contribution < -0.4 is 0 Å². The van der Waals surface area contributed by atoms with E-state index in [4.69, 9.17) is 4.89 Å². The first-order chi connectivity index (χ1) is 3.41. The molecule has 1 fully saturated rings. The van der Waals surface area contributed by atoms with Gasteiger partial charge in [-0.3, -0.25) is 0 Å². The molecule has 0 spiro atoms. The molecule has 1 rings (SSSR count). The van der Waals surface area contributed by atoms with Crippen LogP contribution >= 0.6 is 7.82 Å². The first-order valence-corrected chi connectivity index (χ1v) is 3.03. The van der Waals surface area contributed by atoms with Crippen molar-refractivity contribution in [2.24, 2.45) is 0 Å². The highest BCUT2D eigenvalue weighted by Gasteiger charge is 2.58. The molecule has 0 bridgehead atoms. The summed E-state index contributed by atoms with van der Waals surface area (Å²) in [7, 11) is -4.34. The Morgan fingerprint density at radius 1 is 1.50 bits per heavy atom. The van der Waals surface area contributed by atoms with E-state index < -0.39 is 14.1 Å². The molecule has 7 heteroatoms. The van der Waals surface area contributed by atoms with E-state index in [1.165, 1.54) is 0 Å². The molecule has 1 saturated heterocycles. The quantitative estimate of drug-likeness (QED) is 0.510. The predicted octanol–water partition coefficient (Wildman–Crippen LogP) is 0.684. The molecule has 8 heavy (non-hydrogen) atoms. The second-order valence-corrected chi connectivity index (χ2v) is 2.42. The predicted molar refractivity (Wildman–Crippen MR) is 16.9 cm³/mol. The summed E-state index contributed by atoms with van der Waals surface area (Å²) in [6, 6.07) is 0. The molecule has 4 nitrogen and oxygen atoms in total. The zero-order chi connectivity index (χ0) is 6.41. The summed E-state index contributed by atoms with van der Waals surface area (Å²) in [5, 5.41) is 0. The van der Waals surface area contributed by atoms with Crippen molar-refractivity contribution in [3.05, 3.63) is 0 Å². The first kappa shape index (κ1) is 6.10. The number of hydrogen-bond acceptors (Lipinski definition) is 3. The molecule has 0 aromatic rings. The second kappa shape index (κ2) is 1.27. The van der Waals surface area contributed by atoms with Crippen LogP contribution in [0.25, 0.3) is 0 Å². The van der Waals surface area contributed by atoms with Crippen LogP contribution in [0.1, 0.15) is 0 Å². The van der Waals surface area contributed by atoms with Gasteiger partial charge < -0.3 is 4.89 Å². The smallest absolute Gasteiger partial charge is 0.302 e. The van der Waals surface area contributed by atoms with E-state index in [1.807, 2.05) is 0 Å². The monoisotopic (exact) mass is 146 g/mol. The molecule has 1 N–H and O–H groups in total. The Kier molecular flexibility index (Phi) is 0.970. The number of hydrogen-bond donors (Lipinski definition) is 1. The molecule has 0 saturated carbocycles. The van der Waals surface area contributed by atoms with E-state index in [2.05, 4.69) is 9.05 Å². The Hall–Kier alpha value is -0.0300. The van der Waals surface area contributed by atoms with Crippen LogP contribution in [-0.4, -0.2) is 11.2 Å². The number of phosphoric ester groups is 1. The third kappa shape index (κ3) is 1.03. The van der Waals surface area contributed by atoms with E-state index in [-0.39, 0.29) is 0 Å². The van der Waals surface area contributed by atoms with Crippen molar-refractivity contribution < 1.29 is 27.3 Å². The Bertz CT molecular complexity index is 142. The molecule has 48 valence electrons. The minimum absolute atomic E-state index is 3.07. The molecule has 0 aliphatic carbocycles. The van der Waals surface area contributed by atoms with Gasteiger partial charge in [-0.2, -0.15) is 9.05 Å². The van der Waals surface area contributed by atoms with E-state index in [0.717, 1.165) is 0 Å². The van der Waals surface area contributed by atoms with Crippen molar-refractivity contribution in [2.45, 2.75) is 6.29 Å². The van der Waals surface area contributed by atoms with Crippen molar-refractivity contribution in [3.63, 3.8) is 0 Å². The van der Waals surface area contributed by atoms with Gasteiger partial charge in [-0.15, -0.1) is 8.78 Å². The lowest BCUT2D eigenvalue weighted by atomic mass is 11.3. The lowest BCUT2D eigenvalue weighted by Crippen LogP contribution is -2.32. The molecule has 0 unspecified atom stereocenters. The molecule has 0 aromatic carbocycles. The molecular formula is CHF2O4P. The largest absolute Gasteiger partial charge is 0.503 e. The third-order valence-corrected chi connectivity index (χ3v) is 1.33. The maximum atomic E-state index is 11.3. The maximum absolute atomic E-state index is 11.3. The van der Waals surface area contributed by atoms with Crippen molar-refractivity contribution in [3.8, 4) is 0 Å². The van der Waals surface area contributed by atoms with Gasteiger partial charge in [0.05, 0.1) is 0 Å². The van der Waals surface area contributed by atoms with Gasteiger partial charge in [0.2, 0.25) is 0 Å². The summed E-state index contributed by atoms with van der Waals surface area (Å²) in [6.45, 7) is 0. The number of alkyl halides is 2. The van der Waals surface area contributed by atoms with Gasteiger partial charge in [-0.1, -0.05) is 0 Å². The van der Waals surface area contributed by atoms with E-state index >= 15 is 0 Å². The zero-order valence-electron chi connectivity index (χ0n) is 3.38. The molecule has 0 aromatic heterocycles. The van der Waals surface area contributed by atoms with Crippen LogP contribution in [0.4, 0.5) is 8.78 Å². The van der Waals surface area contributed by atoms with Crippen molar-refractivity contribution in [2.75, 3.05) is 0 Å². The summed E-state index contributed by atoms with van der Waals surface area (Å²) in [5.74, 6) is 0. The van der Waals surface area contributed by atoms with Crippen LogP contribution in [0.3, 0.4) is 0 Å². The van der Waals surface area contributed by atoms with Crippen molar-refractivity contribution >= 4 is 7.82 Å². The molecule has 0 amide bonds. The lowest BCUT2D eigenvalue weighted by molar-refractivity contribution is -0.378. The first-order valence-electron chi connectivity index (χ1n) is 1.53. The number of halogens is 2. The van der Waals surface area contributed by atoms with Crippen LogP contribution in [0, 0.1) is 0 Å². The fourth-order valence-electron chi connectivity index (χ4n) is 0.275. The SMILES string of the molecule is O=P1(O)OC(F)(F)O1. The Labute approximate surface area is 42.6 Å². The van der Waals surface area contributed by atoms with Crippen LogP contribution in [0.15, 0.2) is 0 Å². The summed E-state index contributed by atoms with van der Waals surface area (Å²) in [5.41, 5.74) is 0. The summed E-state index contributed by atoms with van der Waals surface area (Å²) >= 11 is 0. The van der Waals surface area contributed by atoms with Crippen molar-refractivity contribution in [1.82, 2.24) is 0 Å². The highest BCUT2D eigenvalue weighted by Crippen LogP contribution is 2.62. The minimum Gasteiger partial charge on any atom is -0.302 e. The normalized spacial score (nSPS) is 31.4. The molecule has 1 heterocycles. The van der Waals surface area contributed by atoms with Crippen molar-refractivity contribution in [1.29, 1.82) is 0 Å². The Balaban J connectivity index is 2.55. The standard InChI is InChI=1S/CHF2O4P/c2-1(3)6-8(4,5)7-1/h(H,4,5). The fraction of sp³-hybridized carbons (Fsp3) is 1.00. The van der Waals surface area contributed by atoms with Crippen LogP contribution in [0.5, 0.6) is 0 Å². The second-order valence-electron chi connectivity index (χ2n) is 1.11. The van der Waals surface area contributed by atoms with Gasteiger partial charge in [-0.25, -0.2) is 4.57 Å². The molecule has 1 aliphatic heterocycles. The van der Waals surface area contributed by atoms with Crippen LogP contribution in [0.2, 0.25) is 0 Å². The average Bonchev–Trinajstić information content (AvgIpc) is 1.20. The highest BCUT2D eigenvalue weighted by atomic mass is 31.2. The average molecular weight is 146 g/mol. The van der Waals surface area contributed by atoms with Gasteiger partial charge in [0, 0.05) is 0 Å². The minimum atomic E-state index is -4.34. The number of rotatable bonds is 0. The van der Waals surface area contributed by atoms with Gasteiger partial charge in [0.1, 0.15) is 0 Å². The Morgan fingerprint density at radius 2 is 1.88 bits per heavy atom. The zero-order valence-corrected chi connectivity index (χ0v) is 4.27. The highest BCUT2D eigenvalue weighted by molar-refractivity contribution is 7.48. The topological polar surface area (TPSA) is 55.8 Å². The van der Waals surface area contributed by atoms with Gasteiger partial charge in [0.15, 0.2) is 0 Å². The molecule has 1 aliphatic rings. The maximum Gasteiger partial charge on any atom is 0.503 e. The van der Waals surface area contributed by atoms with Crippen LogP contribution in [-0.2, 0) is 13.6 Å². The summed E-state index contributed by atoms with van der Waals surface area (Å²) in [6.07, 6.45) is -3.86. The van der Waals surface area contributed by atoms with E-state index in [1.54, 1.807) is 0 Å². The van der Waals surface area contributed by atoms with E-state index in [9.17, 15) is 13.3 Å². The van der Waals surface area contributed by atoms with Gasteiger partial charge in [0.25, 0.3) is 0 Å². The molecular weight excluding hydrogens is 145 g/mol. The fourth-order valence-corrected chi connectivity index (χ4v) is 0.826. The summed E-state index contributed by atoms with van der Waals surface area (Å²) in [4.78, 5) is 7.88. The van der Waals surface area contributed by atoms with Gasteiger partial charge in [-0.05, 0) is 0 Å². The summed E-state index contributed by atoms with van der Waals surface area (Å²) < 4.78 is 38.4. The Morgan fingerprint density at radius 3 is 1.88 bits per heavy atom. The number of phosphoric acid groups is 1.